The normalized spacial score (nSPS) is 21.7. The zero-order valence-corrected chi connectivity index (χ0v) is 11.6. The molecule has 1 aliphatic heterocycles. The van der Waals surface area contributed by atoms with Gasteiger partial charge in [-0.3, -0.25) is 0 Å². The van der Waals surface area contributed by atoms with E-state index in [4.69, 9.17) is 0 Å². The molecule has 0 radical (unpaired) electrons. The number of halogens is 3. The van der Waals surface area contributed by atoms with E-state index in [1.165, 1.54) is 11.8 Å². The number of alkyl halides is 3. The second-order valence-electron chi connectivity index (χ2n) is 5.25. The minimum Gasteiger partial charge on any atom is -0.363 e. The molecule has 112 valence electrons. The van der Waals surface area contributed by atoms with Gasteiger partial charge in [0.05, 0.1) is 12.2 Å². The van der Waals surface area contributed by atoms with Crippen molar-refractivity contribution in [1.29, 1.82) is 0 Å². The molecule has 1 aromatic heterocycles. The number of hydrogen-bond acceptors (Lipinski definition) is 2. The SMILES string of the molecule is CCc1ccc([C@H]2C[C@H](C(F)(F)F)n3nccc3N2)cc1. The third-order valence-corrected chi connectivity index (χ3v) is 3.91. The standard InChI is InChI=1S/C15H16F3N3/c1-2-10-3-5-11(6-4-10)12-9-13(15(16,17)18)21-14(20-12)7-8-19-21/h3-8,12-13,20H,2,9H2,1H3/t12-,13-/m1/s1. The van der Waals surface area contributed by atoms with E-state index in [2.05, 4.69) is 10.4 Å². The van der Waals surface area contributed by atoms with Crippen LogP contribution in [0.4, 0.5) is 19.0 Å². The predicted molar refractivity (Wildman–Crippen MR) is 74.1 cm³/mol. The van der Waals surface area contributed by atoms with E-state index in [1.54, 1.807) is 6.07 Å². The molecule has 1 aliphatic rings. The molecule has 2 atom stereocenters. The molecule has 2 aromatic rings. The van der Waals surface area contributed by atoms with Crippen LogP contribution in [0.1, 0.15) is 36.6 Å². The number of aryl methyl sites for hydroxylation is 1. The summed E-state index contributed by atoms with van der Waals surface area (Å²) in [6.45, 7) is 2.05. The van der Waals surface area contributed by atoms with Gasteiger partial charge in [-0.15, -0.1) is 0 Å². The van der Waals surface area contributed by atoms with E-state index < -0.39 is 12.2 Å². The molecule has 1 N–H and O–H groups in total. The fourth-order valence-corrected chi connectivity index (χ4v) is 2.71. The first-order chi connectivity index (χ1) is 9.99. The second-order valence-corrected chi connectivity index (χ2v) is 5.25. The maximum atomic E-state index is 13.2. The monoisotopic (exact) mass is 295 g/mol. The van der Waals surface area contributed by atoms with Crippen LogP contribution < -0.4 is 5.32 Å². The third kappa shape index (κ3) is 2.62. The van der Waals surface area contributed by atoms with Crippen LogP contribution >= 0.6 is 0 Å². The largest absolute Gasteiger partial charge is 0.410 e. The highest BCUT2D eigenvalue weighted by Gasteiger charge is 2.46. The lowest BCUT2D eigenvalue weighted by Crippen LogP contribution is -2.35. The third-order valence-electron chi connectivity index (χ3n) is 3.91. The Bertz CT molecular complexity index is 616. The maximum absolute atomic E-state index is 13.2. The van der Waals surface area contributed by atoms with Gasteiger partial charge in [-0.25, -0.2) is 4.68 Å². The number of nitrogens with zero attached hydrogens (tertiary/aromatic N) is 2. The lowest BCUT2D eigenvalue weighted by atomic mass is 9.96. The highest BCUT2D eigenvalue weighted by Crippen LogP contribution is 2.43. The van der Waals surface area contributed by atoms with Crippen LogP contribution in [0, 0.1) is 0 Å². The first kappa shape index (κ1) is 14.0. The van der Waals surface area contributed by atoms with E-state index in [1.807, 2.05) is 31.2 Å². The summed E-state index contributed by atoms with van der Waals surface area (Å²) in [5.41, 5.74) is 2.04. The molecule has 0 amide bonds. The Labute approximate surface area is 120 Å². The average molecular weight is 295 g/mol. The molecular formula is C15H16F3N3. The van der Waals surface area contributed by atoms with Gasteiger partial charge in [0.1, 0.15) is 5.82 Å². The van der Waals surface area contributed by atoms with Crippen molar-refractivity contribution in [3.05, 3.63) is 47.7 Å². The van der Waals surface area contributed by atoms with Crippen molar-refractivity contribution in [2.45, 2.75) is 38.0 Å². The lowest BCUT2D eigenvalue weighted by Gasteiger charge is -2.33. The molecular weight excluding hydrogens is 279 g/mol. The first-order valence-electron chi connectivity index (χ1n) is 6.94. The molecule has 0 spiro atoms. The number of hydrogen-bond donors (Lipinski definition) is 1. The Morgan fingerprint density at radius 1 is 1.24 bits per heavy atom. The van der Waals surface area contributed by atoms with Crippen LogP contribution in [0.5, 0.6) is 0 Å². The summed E-state index contributed by atoms with van der Waals surface area (Å²) in [5, 5.41) is 6.93. The molecule has 3 rings (SSSR count). The van der Waals surface area contributed by atoms with Crippen molar-refractivity contribution in [3.63, 3.8) is 0 Å². The van der Waals surface area contributed by atoms with Crippen LogP contribution in [-0.2, 0) is 6.42 Å². The minimum absolute atomic E-state index is 0.0519. The van der Waals surface area contributed by atoms with Gasteiger partial charge in [-0.05, 0) is 17.5 Å². The number of benzene rings is 1. The topological polar surface area (TPSA) is 29.9 Å². The van der Waals surface area contributed by atoms with Crippen molar-refractivity contribution >= 4 is 5.82 Å². The summed E-state index contributed by atoms with van der Waals surface area (Å²) < 4.78 is 40.7. The van der Waals surface area contributed by atoms with Crippen LogP contribution in [0.2, 0.25) is 0 Å². The van der Waals surface area contributed by atoms with E-state index in [9.17, 15) is 13.2 Å². The lowest BCUT2D eigenvalue weighted by molar-refractivity contribution is -0.173. The first-order valence-corrected chi connectivity index (χ1v) is 6.94. The van der Waals surface area contributed by atoms with Gasteiger partial charge in [-0.2, -0.15) is 18.3 Å². The molecule has 21 heavy (non-hydrogen) atoms. The highest BCUT2D eigenvalue weighted by molar-refractivity contribution is 5.42. The fourth-order valence-electron chi connectivity index (χ4n) is 2.71. The number of anilines is 1. The van der Waals surface area contributed by atoms with E-state index in [-0.39, 0.29) is 12.5 Å². The number of nitrogens with one attached hydrogen (secondary N) is 1. The summed E-state index contributed by atoms with van der Waals surface area (Å²) in [6.07, 6.45) is -2.05. The molecule has 0 bridgehead atoms. The Hall–Kier alpha value is -1.98. The zero-order chi connectivity index (χ0) is 15.0. The fraction of sp³-hybridized carbons (Fsp3) is 0.400. The van der Waals surface area contributed by atoms with Gasteiger partial charge < -0.3 is 5.32 Å². The molecule has 3 nitrogen and oxygen atoms in total. The average Bonchev–Trinajstić information content (AvgIpc) is 2.93. The quantitative estimate of drug-likeness (QED) is 0.903. The number of rotatable bonds is 2. The molecule has 6 heteroatoms. The summed E-state index contributed by atoms with van der Waals surface area (Å²) >= 11 is 0. The van der Waals surface area contributed by atoms with E-state index in [0.717, 1.165) is 16.7 Å². The van der Waals surface area contributed by atoms with Gasteiger partial charge in [-0.1, -0.05) is 31.2 Å². The van der Waals surface area contributed by atoms with E-state index >= 15 is 0 Å². The van der Waals surface area contributed by atoms with E-state index in [0.29, 0.717) is 5.82 Å². The highest BCUT2D eigenvalue weighted by atomic mass is 19.4. The van der Waals surface area contributed by atoms with Crippen molar-refractivity contribution in [2.24, 2.45) is 0 Å². The van der Waals surface area contributed by atoms with Crippen molar-refractivity contribution in [3.8, 4) is 0 Å². The maximum Gasteiger partial charge on any atom is 0.410 e. The number of aromatic nitrogens is 2. The Balaban J connectivity index is 1.92. The van der Waals surface area contributed by atoms with Gasteiger partial charge in [0.2, 0.25) is 0 Å². The molecule has 2 heterocycles. The van der Waals surface area contributed by atoms with Gasteiger partial charge >= 0.3 is 6.18 Å². The van der Waals surface area contributed by atoms with Crippen LogP contribution in [-0.4, -0.2) is 16.0 Å². The smallest absolute Gasteiger partial charge is 0.363 e. The van der Waals surface area contributed by atoms with Gasteiger partial charge in [0, 0.05) is 12.5 Å². The number of fused-ring (bicyclic) bond motifs is 1. The van der Waals surface area contributed by atoms with Crippen molar-refractivity contribution < 1.29 is 13.2 Å². The molecule has 0 saturated carbocycles. The van der Waals surface area contributed by atoms with Crippen molar-refractivity contribution in [2.75, 3.05) is 5.32 Å². The summed E-state index contributed by atoms with van der Waals surface area (Å²) in [4.78, 5) is 0. The molecule has 1 aromatic carbocycles. The van der Waals surface area contributed by atoms with Crippen LogP contribution in [0.3, 0.4) is 0 Å². The molecule has 0 saturated heterocycles. The Morgan fingerprint density at radius 3 is 2.57 bits per heavy atom. The minimum atomic E-state index is -4.30. The summed E-state index contributed by atoms with van der Waals surface area (Å²) in [6, 6.07) is 7.36. The Kier molecular flexibility index (Phi) is 3.39. The van der Waals surface area contributed by atoms with Crippen LogP contribution in [0.25, 0.3) is 0 Å². The van der Waals surface area contributed by atoms with Crippen molar-refractivity contribution in [1.82, 2.24) is 9.78 Å². The Morgan fingerprint density at radius 2 is 1.95 bits per heavy atom. The van der Waals surface area contributed by atoms with Gasteiger partial charge in [0.15, 0.2) is 6.04 Å². The van der Waals surface area contributed by atoms with Gasteiger partial charge in [0.25, 0.3) is 0 Å². The summed E-state index contributed by atoms with van der Waals surface area (Å²) in [7, 11) is 0. The molecule has 0 fully saturated rings. The van der Waals surface area contributed by atoms with Crippen LogP contribution in [0.15, 0.2) is 36.5 Å². The second kappa shape index (κ2) is 5.09. The summed E-state index contributed by atoms with van der Waals surface area (Å²) in [5.74, 6) is 0.410. The molecule has 0 aliphatic carbocycles. The predicted octanol–water partition coefficient (Wildman–Crippen LogP) is 4.11. The molecule has 0 unspecified atom stereocenters. The zero-order valence-electron chi connectivity index (χ0n) is 11.6.